The number of carboxylic acids is 1. The number of hydrogen-bond donors (Lipinski definition) is 0. The molecule has 2 unspecified atom stereocenters. The van der Waals surface area contributed by atoms with Gasteiger partial charge in [0.2, 0.25) is 0 Å². The molecule has 2 atom stereocenters. The third kappa shape index (κ3) is 27.3. The topological polar surface area (TPSA) is 102 Å². The van der Waals surface area contributed by atoms with Gasteiger partial charge in [-0.2, -0.15) is 0 Å². The normalized spacial score (nSPS) is 13.7. The fourth-order valence-corrected chi connectivity index (χ4v) is 4.57. The molecule has 0 aromatic rings. The van der Waals surface area contributed by atoms with Gasteiger partial charge in [-0.25, -0.2) is 0 Å². The van der Waals surface area contributed by atoms with Crippen molar-refractivity contribution in [1.29, 1.82) is 0 Å². The van der Waals surface area contributed by atoms with Gasteiger partial charge in [-0.1, -0.05) is 101 Å². The van der Waals surface area contributed by atoms with E-state index in [2.05, 4.69) is 55.5 Å². The highest BCUT2D eigenvalue weighted by Crippen LogP contribution is 2.12. The number of carboxylic acid groups (broad SMARTS) is 1. The molecule has 0 aliphatic heterocycles. The number of likely N-dealkylation sites (N-methyl/N-ethyl adjacent to an activating group) is 1. The van der Waals surface area contributed by atoms with E-state index in [9.17, 15) is 19.5 Å². The van der Waals surface area contributed by atoms with Crippen LogP contribution in [-0.2, 0) is 28.6 Å². The molecule has 0 radical (unpaired) electrons. The predicted molar refractivity (Wildman–Crippen MR) is 180 cm³/mol. The molecule has 0 spiro atoms. The van der Waals surface area contributed by atoms with E-state index in [1.807, 2.05) is 0 Å². The monoisotopic (exact) mass is 633 g/mol. The van der Waals surface area contributed by atoms with Gasteiger partial charge in [0, 0.05) is 19.3 Å². The van der Waals surface area contributed by atoms with E-state index in [0.717, 1.165) is 51.4 Å². The number of nitrogens with zero attached hydrogens (tertiary/aromatic N) is 1. The Hall–Kier alpha value is -2.71. The Morgan fingerprint density at radius 1 is 0.689 bits per heavy atom. The molecule has 0 N–H and O–H groups in total. The third-order valence-electron chi connectivity index (χ3n) is 7.28. The van der Waals surface area contributed by atoms with Crippen LogP contribution in [0.15, 0.2) is 48.6 Å². The van der Waals surface area contributed by atoms with Crippen LogP contribution in [0.25, 0.3) is 0 Å². The molecule has 0 saturated carbocycles. The number of aliphatic carboxylic acids is 1. The number of carbonyl (C=O) groups excluding carboxylic acids is 3. The zero-order chi connectivity index (χ0) is 33.6. The SMILES string of the molecule is CC/C=C\C/C=C\C/C=C\C/C=C\CCCCCCCCCCC(=O)OC(COCCC(C(=O)[O-])[N+](C)(C)C)COC(=O)CC. The summed E-state index contributed by atoms with van der Waals surface area (Å²) in [6.07, 6.45) is 32.1. The molecule has 0 aliphatic carbocycles. The van der Waals surface area contributed by atoms with Gasteiger partial charge in [-0.05, 0) is 44.9 Å². The van der Waals surface area contributed by atoms with Crippen LogP contribution < -0.4 is 5.11 Å². The molecule has 0 saturated heterocycles. The molecule has 0 heterocycles. The van der Waals surface area contributed by atoms with Crippen LogP contribution in [0.4, 0.5) is 0 Å². The number of hydrogen-bond acceptors (Lipinski definition) is 7. The zero-order valence-electron chi connectivity index (χ0n) is 29.0. The molecule has 0 amide bonds. The van der Waals surface area contributed by atoms with E-state index in [0.29, 0.717) is 6.42 Å². The van der Waals surface area contributed by atoms with Gasteiger partial charge >= 0.3 is 11.9 Å². The molecule has 0 aliphatic rings. The van der Waals surface area contributed by atoms with Crippen LogP contribution in [0.2, 0.25) is 0 Å². The van der Waals surface area contributed by atoms with E-state index in [-0.39, 0.29) is 49.1 Å². The first-order chi connectivity index (χ1) is 21.6. The standard InChI is InChI=1S/C37H63NO7/c1-6-8-9-10-11-12-13-14-15-16-17-18-19-20-21-22-23-24-25-26-27-28-36(40)45-33(32-44-35(39)7-2)31-43-30-29-34(37(41)42)38(3,4)5/h8-9,11-12,14-15,17-18,33-34H,6-7,10,13,16,19-32H2,1-5H3/b9-8-,12-11-,15-14-,18-17-. The maximum absolute atomic E-state index is 12.4. The maximum Gasteiger partial charge on any atom is 0.306 e. The van der Waals surface area contributed by atoms with E-state index in [1.165, 1.54) is 32.1 Å². The molecule has 0 aromatic heterocycles. The summed E-state index contributed by atoms with van der Waals surface area (Å²) in [4.78, 5) is 35.4. The smallest absolute Gasteiger partial charge is 0.306 e. The van der Waals surface area contributed by atoms with E-state index in [1.54, 1.807) is 28.1 Å². The Morgan fingerprint density at radius 2 is 1.22 bits per heavy atom. The molecule has 0 rings (SSSR count). The number of rotatable bonds is 29. The number of unbranched alkanes of at least 4 members (excludes halogenated alkanes) is 8. The number of esters is 2. The Morgan fingerprint density at radius 3 is 1.76 bits per heavy atom. The van der Waals surface area contributed by atoms with Crippen molar-refractivity contribution in [3.05, 3.63) is 48.6 Å². The van der Waals surface area contributed by atoms with E-state index in [4.69, 9.17) is 14.2 Å². The van der Waals surface area contributed by atoms with Gasteiger partial charge in [0.05, 0.1) is 40.3 Å². The van der Waals surface area contributed by atoms with Crippen LogP contribution >= 0.6 is 0 Å². The maximum atomic E-state index is 12.4. The fourth-order valence-electron chi connectivity index (χ4n) is 4.57. The summed E-state index contributed by atoms with van der Waals surface area (Å²) in [6.45, 7) is 3.95. The van der Waals surface area contributed by atoms with Crippen molar-refractivity contribution >= 4 is 17.9 Å². The second kappa shape index (κ2) is 28.7. The lowest BCUT2D eigenvalue weighted by Crippen LogP contribution is -2.55. The molecular weight excluding hydrogens is 570 g/mol. The van der Waals surface area contributed by atoms with Gasteiger partial charge in [-0.3, -0.25) is 9.59 Å². The van der Waals surface area contributed by atoms with Crippen molar-refractivity contribution in [3.63, 3.8) is 0 Å². The summed E-state index contributed by atoms with van der Waals surface area (Å²) in [5.74, 6) is -1.86. The van der Waals surface area contributed by atoms with Gasteiger partial charge in [0.1, 0.15) is 12.6 Å². The zero-order valence-corrected chi connectivity index (χ0v) is 29.0. The van der Waals surface area contributed by atoms with Crippen molar-refractivity contribution in [2.75, 3.05) is 41.0 Å². The second-order valence-electron chi connectivity index (χ2n) is 12.3. The van der Waals surface area contributed by atoms with Gasteiger partial charge in [0.15, 0.2) is 6.10 Å². The molecule has 45 heavy (non-hydrogen) atoms. The van der Waals surface area contributed by atoms with E-state index >= 15 is 0 Å². The van der Waals surface area contributed by atoms with Crippen LogP contribution in [0.5, 0.6) is 0 Å². The fraction of sp³-hybridized carbons (Fsp3) is 0.703. The molecule has 0 bridgehead atoms. The summed E-state index contributed by atoms with van der Waals surface area (Å²) in [5.41, 5.74) is 0. The van der Waals surface area contributed by atoms with Crippen LogP contribution in [0.1, 0.15) is 117 Å². The van der Waals surface area contributed by atoms with Crippen LogP contribution in [0, 0.1) is 0 Å². The minimum atomic E-state index is -1.14. The molecule has 0 fully saturated rings. The lowest BCUT2D eigenvalue weighted by Gasteiger charge is -2.34. The minimum Gasteiger partial charge on any atom is -0.544 e. The van der Waals surface area contributed by atoms with Crippen molar-refractivity contribution in [1.82, 2.24) is 0 Å². The minimum absolute atomic E-state index is 0.0297. The highest BCUT2D eigenvalue weighted by atomic mass is 16.6. The van der Waals surface area contributed by atoms with Crippen molar-refractivity contribution in [3.8, 4) is 0 Å². The Labute approximate surface area is 274 Å². The summed E-state index contributed by atoms with van der Waals surface area (Å²) in [6, 6.07) is -0.722. The number of allylic oxidation sites excluding steroid dienone is 8. The first-order valence-corrected chi connectivity index (χ1v) is 17.2. The van der Waals surface area contributed by atoms with Crippen LogP contribution in [-0.4, -0.2) is 75.5 Å². The van der Waals surface area contributed by atoms with Gasteiger partial charge in [-0.15, -0.1) is 0 Å². The Balaban J connectivity index is 3.99. The first-order valence-electron chi connectivity index (χ1n) is 17.2. The molecular formula is C37H63NO7. The molecule has 258 valence electrons. The van der Waals surface area contributed by atoms with Crippen molar-refractivity contribution in [2.24, 2.45) is 0 Å². The summed E-state index contributed by atoms with van der Waals surface area (Å²) >= 11 is 0. The quantitative estimate of drug-likeness (QED) is 0.0387. The summed E-state index contributed by atoms with van der Waals surface area (Å²) in [7, 11) is 5.35. The highest BCUT2D eigenvalue weighted by molar-refractivity contribution is 5.70. The number of quaternary nitrogens is 1. The average Bonchev–Trinajstić information content (AvgIpc) is 2.99. The second-order valence-corrected chi connectivity index (χ2v) is 12.3. The number of carbonyl (C=O) groups is 3. The lowest BCUT2D eigenvalue weighted by atomic mass is 10.1. The van der Waals surface area contributed by atoms with Crippen LogP contribution in [0.3, 0.4) is 0 Å². The van der Waals surface area contributed by atoms with Gasteiger partial charge in [0.25, 0.3) is 0 Å². The Kier molecular flexibility index (Phi) is 27.0. The van der Waals surface area contributed by atoms with E-state index < -0.39 is 18.1 Å². The Bertz CT molecular complexity index is 886. The third-order valence-corrected chi connectivity index (χ3v) is 7.28. The first kappa shape index (κ1) is 42.3. The molecule has 8 heteroatoms. The van der Waals surface area contributed by atoms with Crippen molar-refractivity contribution < 1.29 is 38.2 Å². The summed E-state index contributed by atoms with van der Waals surface area (Å²) < 4.78 is 16.5. The summed E-state index contributed by atoms with van der Waals surface area (Å²) in [5, 5.41) is 11.4. The highest BCUT2D eigenvalue weighted by Gasteiger charge is 2.25. The van der Waals surface area contributed by atoms with Crippen molar-refractivity contribution in [2.45, 2.75) is 129 Å². The molecule has 0 aromatic carbocycles. The number of ether oxygens (including phenoxy) is 3. The predicted octanol–water partition coefficient (Wildman–Crippen LogP) is 6.79. The largest absolute Gasteiger partial charge is 0.544 e. The van der Waals surface area contributed by atoms with Gasteiger partial charge < -0.3 is 28.6 Å². The lowest BCUT2D eigenvalue weighted by molar-refractivity contribution is -0.889. The molecule has 8 nitrogen and oxygen atoms in total. The average molecular weight is 634 g/mol.